The number of benzene rings is 2. The average molecular weight is 277 g/mol. The molecule has 0 atom stereocenters. The molecule has 0 radical (unpaired) electrons. The molecule has 0 aliphatic rings. The predicted octanol–water partition coefficient (Wildman–Crippen LogP) is 4.37. The maximum atomic E-state index is 11.3. The number of para-hydroxylation sites is 1. The number of carbonyl (C=O) groups is 1. The molecule has 0 unspecified atom stereocenters. The highest BCUT2D eigenvalue weighted by Crippen LogP contribution is 2.25. The molecule has 21 heavy (non-hydrogen) atoms. The minimum atomic E-state index is 0.771. The molecule has 0 fully saturated rings. The molecule has 3 rings (SSSR count). The number of aldehydes is 1. The second-order valence-electron chi connectivity index (χ2n) is 5.49. The van der Waals surface area contributed by atoms with Crippen molar-refractivity contribution in [2.75, 3.05) is 0 Å². The van der Waals surface area contributed by atoms with E-state index in [1.165, 1.54) is 22.2 Å². The molecule has 0 aliphatic heterocycles. The molecule has 0 saturated heterocycles. The fraction of sp³-hybridized carbons (Fsp3) is 0.211. The Bertz CT molecular complexity index is 798. The Hall–Kier alpha value is -2.35. The number of nitrogens with zero attached hydrogens (tertiary/aromatic N) is 1. The summed E-state index contributed by atoms with van der Waals surface area (Å²) in [6, 6.07) is 14.7. The van der Waals surface area contributed by atoms with Crippen molar-refractivity contribution in [3.8, 4) is 0 Å². The van der Waals surface area contributed by atoms with Crippen LogP contribution in [0.15, 0.2) is 48.7 Å². The van der Waals surface area contributed by atoms with Crippen molar-refractivity contribution in [1.82, 2.24) is 4.57 Å². The molecule has 0 bridgehead atoms. The van der Waals surface area contributed by atoms with Gasteiger partial charge in [0.25, 0.3) is 0 Å². The Morgan fingerprint density at radius 2 is 1.95 bits per heavy atom. The fourth-order valence-corrected chi connectivity index (χ4v) is 2.98. The first-order chi connectivity index (χ1) is 10.2. The summed E-state index contributed by atoms with van der Waals surface area (Å²) in [7, 11) is 0. The van der Waals surface area contributed by atoms with Crippen LogP contribution in [0.5, 0.6) is 0 Å². The van der Waals surface area contributed by atoms with E-state index < -0.39 is 0 Å². The van der Waals surface area contributed by atoms with Gasteiger partial charge < -0.3 is 4.57 Å². The van der Waals surface area contributed by atoms with Crippen LogP contribution < -0.4 is 0 Å². The van der Waals surface area contributed by atoms with E-state index >= 15 is 0 Å². The number of hydrogen-bond donors (Lipinski definition) is 0. The Morgan fingerprint density at radius 1 is 1.14 bits per heavy atom. The largest absolute Gasteiger partial charge is 0.342 e. The number of hydrogen-bond acceptors (Lipinski definition) is 1. The van der Waals surface area contributed by atoms with Gasteiger partial charge in [-0.3, -0.25) is 4.79 Å². The molecular formula is C19H19NO. The smallest absolute Gasteiger partial charge is 0.152 e. The van der Waals surface area contributed by atoms with Crippen LogP contribution in [0, 0.1) is 6.92 Å². The summed E-state index contributed by atoms with van der Waals surface area (Å²) in [5.41, 5.74) is 5.76. The van der Waals surface area contributed by atoms with Gasteiger partial charge in [-0.1, -0.05) is 55.0 Å². The monoisotopic (exact) mass is 277 g/mol. The molecule has 106 valence electrons. The molecule has 1 heterocycles. The lowest BCUT2D eigenvalue weighted by molar-refractivity contribution is 0.112. The maximum absolute atomic E-state index is 11.3. The van der Waals surface area contributed by atoms with Gasteiger partial charge in [0.15, 0.2) is 6.29 Å². The van der Waals surface area contributed by atoms with Crippen molar-refractivity contribution in [2.45, 2.75) is 26.8 Å². The van der Waals surface area contributed by atoms with E-state index in [-0.39, 0.29) is 0 Å². The SMILES string of the molecule is CCc1cccc2c(C=O)cn(Cc3cccc(C)c3)c12. The predicted molar refractivity (Wildman–Crippen MR) is 87.0 cm³/mol. The van der Waals surface area contributed by atoms with Crippen molar-refractivity contribution in [3.05, 3.63) is 70.9 Å². The van der Waals surface area contributed by atoms with Gasteiger partial charge in [0.2, 0.25) is 0 Å². The van der Waals surface area contributed by atoms with Crippen LogP contribution in [0.4, 0.5) is 0 Å². The molecule has 3 aromatic rings. The molecule has 0 aliphatic carbocycles. The summed E-state index contributed by atoms with van der Waals surface area (Å²) in [4.78, 5) is 11.3. The lowest BCUT2D eigenvalue weighted by Crippen LogP contribution is -2.00. The topological polar surface area (TPSA) is 22.0 Å². The summed E-state index contributed by atoms with van der Waals surface area (Å²) in [5.74, 6) is 0. The van der Waals surface area contributed by atoms with Crippen LogP contribution in [-0.4, -0.2) is 10.9 Å². The number of rotatable bonds is 4. The lowest BCUT2D eigenvalue weighted by Gasteiger charge is -2.09. The normalized spacial score (nSPS) is 11.0. The first-order valence-electron chi connectivity index (χ1n) is 7.34. The van der Waals surface area contributed by atoms with Crippen molar-refractivity contribution >= 4 is 17.2 Å². The first-order valence-corrected chi connectivity index (χ1v) is 7.34. The molecule has 2 heteroatoms. The lowest BCUT2D eigenvalue weighted by atomic mass is 10.1. The van der Waals surface area contributed by atoms with E-state index in [2.05, 4.69) is 48.7 Å². The van der Waals surface area contributed by atoms with Crippen LogP contribution >= 0.6 is 0 Å². The number of aryl methyl sites for hydroxylation is 2. The van der Waals surface area contributed by atoms with Crippen LogP contribution in [0.2, 0.25) is 0 Å². The standard InChI is InChI=1S/C19H19NO/c1-3-16-8-5-9-18-17(13-21)12-20(19(16)18)11-15-7-4-6-14(2)10-15/h4-10,12-13H,3,11H2,1-2H3. The van der Waals surface area contributed by atoms with Gasteiger partial charge in [-0.05, 0) is 24.5 Å². The second-order valence-corrected chi connectivity index (χ2v) is 5.49. The quantitative estimate of drug-likeness (QED) is 0.649. The number of carbonyl (C=O) groups excluding carboxylic acids is 1. The molecule has 0 saturated carbocycles. The van der Waals surface area contributed by atoms with Gasteiger partial charge in [0.1, 0.15) is 0 Å². The fourth-order valence-electron chi connectivity index (χ4n) is 2.98. The zero-order chi connectivity index (χ0) is 14.8. The van der Waals surface area contributed by atoms with E-state index in [0.29, 0.717) is 0 Å². The van der Waals surface area contributed by atoms with Gasteiger partial charge in [-0.25, -0.2) is 0 Å². The van der Waals surface area contributed by atoms with Crippen molar-refractivity contribution in [1.29, 1.82) is 0 Å². The van der Waals surface area contributed by atoms with Gasteiger partial charge >= 0.3 is 0 Å². The summed E-state index contributed by atoms with van der Waals surface area (Å²) in [5, 5.41) is 1.05. The second kappa shape index (κ2) is 5.57. The molecule has 2 nitrogen and oxygen atoms in total. The van der Waals surface area contributed by atoms with Crippen LogP contribution in [0.25, 0.3) is 10.9 Å². The highest BCUT2D eigenvalue weighted by Gasteiger charge is 2.11. The van der Waals surface area contributed by atoms with Gasteiger partial charge in [-0.2, -0.15) is 0 Å². The van der Waals surface area contributed by atoms with Crippen molar-refractivity contribution in [3.63, 3.8) is 0 Å². The first kappa shape index (κ1) is 13.6. The third kappa shape index (κ3) is 2.49. The van der Waals surface area contributed by atoms with Gasteiger partial charge in [0.05, 0.1) is 5.52 Å². The van der Waals surface area contributed by atoms with E-state index in [9.17, 15) is 4.79 Å². The summed E-state index contributed by atoms with van der Waals surface area (Å²) in [6.45, 7) is 5.05. The summed E-state index contributed by atoms with van der Waals surface area (Å²) in [6.07, 6.45) is 3.89. The van der Waals surface area contributed by atoms with Crippen LogP contribution in [-0.2, 0) is 13.0 Å². The Balaban J connectivity index is 2.15. The Labute approximate surface area is 125 Å². The molecule has 2 aromatic carbocycles. The zero-order valence-corrected chi connectivity index (χ0v) is 12.5. The van der Waals surface area contributed by atoms with Crippen molar-refractivity contribution in [2.24, 2.45) is 0 Å². The minimum Gasteiger partial charge on any atom is -0.342 e. The average Bonchev–Trinajstić information content (AvgIpc) is 2.85. The van der Waals surface area contributed by atoms with Crippen LogP contribution in [0.3, 0.4) is 0 Å². The van der Waals surface area contributed by atoms with Crippen LogP contribution in [0.1, 0.15) is 34.0 Å². The molecular weight excluding hydrogens is 258 g/mol. The maximum Gasteiger partial charge on any atom is 0.152 e. The third-order valence-corrected chi connectivity index (χ3v) is 3.96. The van der Waals surface area contributed by atoms with Crippen molar-refractivity contribution < 1.29 is 4.79 Å². The third-order valence-electron chi connectivity index (χ3n) is 3.96. The van der Waals surface area contributed by atoms with E-state index in [0.717, 1.165) is 30.2 Å². The number of aromatic nitrogens is 1. The highest BCUT2D eigenvalue weighted by atomic mass is 16.1. The van der Waals surface area contributed by atoms with Gasteiger partial charge in [-0.15, -0.1) is 0 Å². The molecule has 0 amide bonds. The Morgan fingerprint density at radius 3 is 2.67 bits per heavy atom. The summed E-state index contributed by atoms with van der Waals surface area (Å²) >= 11 is 0. The molecule has 1 aromatic heterocycles. The summed E-state index contributed by atoms with van der Waals surface area (Å²) < 4.78 is 2.20. The van der Waals surface area contributed by atoms with Gasteiger partial charge in [0, 0.05) is 23.7 Å². The number of fused-ring (bicyclic) bond motifs is 1. The van der Waals surface area contributed by atoms with E-state index in [1.807, 2.05) is 18.3 Å². The minimum absolute atomic E-state index is 0.771. The molecule has 0 spiro atoms. The highest BCUT2D eigenvalue weighted by molar-refractivity contribution is 5.99. The van der Waals surface area contributed by atoms with E-state index in [1.54, 1.807) is 0 Å². The Kier molecular flexibility index (Phi) is 3.61. The molecule has 0 N–H and O–H groups in total. The zero-order valence-electron chi connectivity index (χ0n) is 12.5. The van der Waals surface area contributed by atoms with E-state index in [4.69, 9.17) is 0 Å².